The van der Waals surface area contributed by atoms with Crippen LogP contribution in [0.3, 0.4) is 0 Å². The van der Waals surface area contributed by atoms with Crippen LogP contribution in [-0.2, 0) is 6.54 Å². The molecule has 0 bridgehead atoms. The van der Waals surface area contributed by atoms with Gasteiger partial charge in [-0.25, -0.2) is 4.98 Å². The predicted octanol–water partition coefficient (Wildman–Crippen LogP) is 3.75. The molecule has 134 valence electrons. The van der Waals surface area contributed by atoms with Gasteiger partial charge in [0.2, 0.25) is 0 Å². The minimum atomic E-state index is -2.85. The van der Waals surface area contributed by atoms with Crippen LogP contribution in [0.2, 0.25) is 0 Å². The Morgan fingerprint density at radius 2 is 1.85 bits per heavy atom. The number of aromatic nitrogens is 2. The molecular formula is C19H17F2N3O2. The molecule has 0 fully saturated rings. The lowest BCUT2D eigenvalue weighted by atomic mass is 10.1. The van der Waals surface area contributed by atoms with Crippen molar-refractivity contribution in [3.8, 4) is 11.4 Å². The quantitative estimate of drug-likeness (QED) is 0.675. The van der Waals surface area contributed by atoms with E-state index in [2.05, 4.69) is 9.72 Å². The summed E-state index contributed by atoms with van der Waals surface area (Å²) in [5, 5.41) is 0. The number of halogens is 2. The average molecular weight is 357 g/mol. The highest BCUT2D eigenvalue weighted by atomic mass is 19.3. The van der Waals surface area contributed by atoms with Crippen molar-refractivity contribution >= 4 is 5.91 Å². The zero-order chi connectivity index (χ0) is 18.5. The lowest BCUT2D eigenvalue weighted by Gasteiger charge is -2.18. The van der Waals surface area contributed by atoms with Gasteiger partial charge < -0.3 is 14.2 Å². The van der Waals surface area contributed by atoms with Crippen molar-refractivity contribution in [1.29, 1.82) is 0 Å². The van der Waals surface area contributed by atoms with E-state index in [4.69, 9.17) is 0 Å². The fourth-order valence-corrected chi connectivity index (χ4v) is 2.53. The average Bonchev–Trinajstić information content (AvgIpc) is 3.17. The normalized spacial score (nSPS) is 10.8. The maximum absolute atomic E-state index is 12.5. The predicted molar refractivity (Wildman–Crippen MR) is 92.4 cm³/mol. The SMILES string of the molecule is CN(Cc1ccc(OC(F)F)cc1)C(=O)c1ccc(-n2ccnc2)cc1. The first kappa shape index (κ1) is 17.6. The van der Waals surface area contributed by atoms with Gasteiger partial charge in [0.05, 0.1) is 6.33 Å². The summed E-state index contributed by atoms with van der Waals surface area (Å²) < 4.78 is 30.5. The van der Waals surface area contributed by atoms with Gasteiger partial charge in [0, 0.05) is 37.2 Å². The topological polar surface area (TPSA) is 47.4 Å². The molecule has 0 radical (unpaired) electrons. The fourth-order valence-electron chi connectivity index (χ4n) is 2.53. The molecule has 0 aliphatic heterocycles. The van der Waals surface area contributed by atoms with Gasteiger partial charge in [-0.3, -0.25) is 4.79 Å². The minimum absolute atomic E-state index is 0.0906. The standard InChI is InChI=1S/C19H17F2N3O2/c1-23(12-14-2-8-17(9-3-14)26-19(20)21)18(25)15-4-6-16(7-5-15)24-11-10-22-13-24/h2-11,13,19H,12H2,1H3. The number of carbonyl (C=O) groups excluding carboxylic acids is 1. The first-order valence-corrected chi connectivity index (χ1v) is 7.90. The van der Waals surface area contributed by atoms with E-state index in [9.17, 15) is 13.6 Å². The molecule has 0 N–H and O–H groups in total. The lowest BCUT2D eigenvalue weighted by Crippen LogP contribution is -2.26. The van der Waals surface area contributed by atoms with Crippen LogP contribution in [0.25, 0.3) is 5.69 Å². The molecule has 0 aliphatic rings. The maximum atomic E-state index is 12.5. The van der Waals surface area contributed by atoms with Crippen molar-refractivity contribution in [1.82, 2.24) is 14.5 Å². The Hall–Kier alpha value is -3.22. The van der Waals surface area contributed by atoms with Crippen LogP contribution in [0.4, 0.5) is 8.78 Å². The molecule has 1 amide bonds. The second-order valence-corrected chi connectivity index (χ2v) is 5.70. The van der Waals surface area contributed by atoms with Crippen molar-refractivity contribution in [2.75, 3.05) is 7.05 Å². The number of hydrogen-bond acceptors (Lipinski definition) is 3. The summed E-state index contributed by atoms with van der Waals surface area (Å²) in [6.07, 6.45) is 5.19. The Kier molecular flexibility index (Phi) is 5.26. The molecule has 1 heterocycles. The van der Waals surface area contributed by atoms with Crippen LogP contribution in [-0.4, -0.2) is 34.0 Å². The van der Waals surface area contributed by atoms with E-state index >= 15 is 0 Å². The van der Waals surface area contributed by atoms with E-state index < -0.39 is 6.61 Å². The summed E-state index contributed by atoms with van der Waals surface area (Å²) >= 11 is 0. The van der Waals surface area contributed by atoms with Gasteiger partial charge in [0.25, 0.3) is 5.91 Å². The molecule has 3 aromatic rings. The molecule has 26 heavy (non-hydrogen) atoms. The molecule has 0 unspecified atom stereocenters. The molecule has 0 saturated heterocycles. The third-order valence-electron chi connectivity index (χ3n) is 3.83. The molecular weight excluding hydrogens is 340 g/mol. The Morgan fingerprint density at radius 1 is 1.15 bits per heavy atom. The van der Waals surface area contributed by atoms with E-state index in [0.717, 1.165) is 11.3 Å². The summed E-state index contributed by atoms with van der Waals surface area (Å²) in [5.41, 5.74) is 2.29. The molecule has 5 nitrogen and oxygen atoms in total. The third-order valence-corrected chi connectivity index (χ3v) is 3.83. The molecule has 0 spiro atoms. The first-order valence-electron chi connectivity index (χ1n) is 7.90. The number of imidazole rings is 1. The van der Waals surface area contributed by atoms with Crippen molar-refractivity contribution in [2.45, 2.75) is 13.2 Å². The summed E-state index contributed by atoms with van der Waals surface area (Å²) in [6.45, 7) is -2.49. The van der Waals surface area contributed by atoms with Crippen LogP contribution in [0, 0.1) is 0 Å². The highest BCUT2D eigenvalue weighted by molar-refractivity contribution is 5.94. The number of carbonyl (C=O) groups is 1. The van der Waals surface area contributed by atoms with Crippen LogP contribution in [0.5, 0.6) is 5.75 Å². The van der Waals surface area contributed by atoms with E-state index in [1.165, 1.54) is 12.1 Å². The highest BCUT2D eigenvalue weighted by Gasteiger charge is 2.12. The number of benzene rings is 2. The largest absolute Gasteiger partial charge is 0.435 e. The zero-order valence-corrected chi connectivity index (χ0v) is 14.0. The summed E-state index contributed by atoms with van der Waals surface area (Å²) in [5.74, 6) is -0.0390. The Labute approximate surface area is 149 Å². The van der Waals surface area contributed by atoms with Crippen molar-refractivity contribution in [3.05, 3.63) is 78.4 Å². The number of rotatable bonds is 6. The second kappa shape index (κ2) is 7.77. The van der Waals surface area contributed by atoms with Crippen molar-refractivity contribution in [3.63, 3.8) is 0 Å². The number of ether oxygens (including phenoxy) is 1. The van der Waals surface area contributed by atoms with E-state index in [1.807, 2.05) is 22.9 Å². The van der Waals surface area contributed by atoms with Crippen LogP contribution in [0.1, 0.15) is 15.9 Å². The van der Waals surface area contributed by atoms with Crippen molar-refractivity contribution in [2.24, 2.45) is 0 Å². The number of hydrogen-bond donors (Lipinski definition) is 0. The highest BCUT2D eigenvalue weighted by Crippen LogP contribution is 2.17. The number of alkyl halides is 2. The van der Waals surface area contributed by atoms with Gasteiger partial charge in [-0.05, 0) is 42.0 Å². The first-order chi connectivity index (χ1) is 12.5. The van der Waals surface area contributed by atoms with E-state index in [0.29, 0.717) is 12.1 Å². The molecule has 1 aromatic heterocycles. The smallest absolute Gasteiger partial charge is 0.387 e. The molecule has 0 aliphatic carbocycles. The number of nitrogens with zero attached hydrogens (tertiary/aromatic N) is 3. The maximum Gasteiger partial charge on any atom is 0.387 e. The van der Waals surface area contributed by atoms with Crippen LogP contribution in [0.15, 0.2) is 67.3 Å². The zero-order valence-electron chi connectivity index (χ0n) is 14.0. The van der Waals surface area contributed by atoms with Crippen LogP contribution >= 0.6 is 0 Å². The Bertz CT molecular complexity index is 848. The van der Waals surface area contributed by atoms with Crippen LogP contribution < -0.4 is 4.74 Å². The van der Waals surface area contributed by atoms with Gasteiger partial charge in [-0.1, -0.05) is 12.1 Å². The summed E-state index contributed by atoms with van der Waals surface area (Å²) in [7, 11) is 1.69. The van der Waals surface area contributed by atoms with Gasteiger partial charge in [0.1, 0.15) is 5.75 Å². The molecule has 3 rings (SSSR count). The summed E-state index contributed by atoms with van der Waals surface area (Å²) in [4.78, 5) is 18.1. The Morgan fingerprint density at radius 3 is 2.42 bits per heavy atom. The monoisotopic (exact) mass is 357 g/mol. The number of amides is 1. The fraction of sp³-hybridized carbons (Fsp3) is 0.158. The van der Waals surface area contributed by atoms with Gasteiger partial charge in [-0.2, -0.15) is 8.78 Å². The second-order valence-electron chi connectivity index (χ2n) is 5.70. The van der Waals surface area contributed by atoms with Gasteiger partial charge in [0.15, 0.2) is 0 Å². The van der Waals surface area contributed by atoms with Crippen molar-refractivity contribution < 1.29 is 18.3 Å². The molecule has 7 heteroatoms. The van der Waals surface area contributed by atoms with E-state index in [1.54, 1.807) is 48.7 Å². The Balaban J connectivity index is 1.64. The summed E-state index contributed by atoms with van der Waals surface area (Å²) in [6, 6.07) is 13.4. The van der Waals surface area contributed by atoms with E-state index in [-0.39, 0.29) is 11.7 Å². The lowest BCUT2D eigenvalue weighted by molar-refractivity contribution is -0.0498. The van der Waals surface area contributed by atoms with Gasteiger partial charge in [-0.15, -0.1) is 0 Å². The molecule has 0 saturated carbocycles. The van der Waals surface area contributed by atoms with Gasteiger partial charge >= 0.3 is 6.61 Å². The molecule has 2 aromatic carbocycles. The minimum Gasteiger partial charge on any atom is -0.435 e. The molecule has 0 atom stereocenters. The third kappa shape index (κ3) is 4.24.